The number of ether oxygens (including phenoxy) is 1. The fourth-order valence-corrected chi connectivity index (χ4v) is 1.88. The van der Waals surface area contributed by atoms with Gasteiger partial charge >= 0.3 is 12.6 Å². The number of hydrogen-bond donors (Lipinski definition) is 2. The molecule has 7 nitrogen and oxygen atoms in total. The molecule has 1 aromatic heterocycles. The first-order valence-electron chi connectivity index (χ1n) is 6.56. The summed E-state index contributed by atoms with van der Waals surface area (Å²) in [6, 6.07) is 7.09. The van der Waals surface area contributed by atoms with E-state index in [1.807, 2.05) is 0 Å². The molecular weight excluding hydrogens is 312 g/mol. The van der Waals surface area contributed by atoms with E-state index in [-0.39, 0.29) is 30.1 Å². The third kappa shape index (κ3) is 4.50. The Morgan fingerprint density at radius 1 is 1.30 bits per heavy atom. The smallest absolute Gasteiger partial charge is 0.387 e. The molecule has 0 aliphatic rings. The molecule has 1 aromatic carbocycles. The fourth-order valence-electron chi connectivity index (χ4n) is 1.88. The largest absolute Gasteiger partial charge is 0.477 e. The highest BCUT2D eigenvalue weighted by molar-refractivity contribution is 5.92. The van der Waals surface area contributed by atoms with E-state index in [0.717, 1.165) is 0 Å². The molecule has 0 saturated heterocycles. The van der Waals surface area contributed by atoms with Gasteiger partial charge < -0.3 is 15.2 Å². The van der Waals surface area contributed by atoms with Crippen molar-refractivity contribution < 1.29 is 28.2 Å². The minimum Gasteiger partial charge on any atom is -0.477 e. The van der Waals surface area contributed by atoms with Crippen LogP contribution in [0.1, 0.15) is 16.9 Å². The quantitative estimate of drug-likeness (QED) is 0.814. The van der Waals surface area contributed by atoms with Crippen molar-refractivity contribution in [2.45, 2.75) is 19.6 Å². The number of para-hydroxylation sites is 2. The number of alkyl halides is 2. The van der Waals surface area contributed by atoms with Gasteiger partial charge in [0.25, 0.3) is 0 Å². The maximum absolute atomic E-state index is 12.3. The number of aromatic carboxylic acids is 1. The number of nitrogens with zero attached hydrogens (tertiary/aromatic N) is 2. The topological polar surface area (TPSA) is 93.5 Å². The molecule has 0 saturated carbocycles. The normalized spacial score (nSPS) is 10.6. The lowest BCUT2D eigenvalue weighted by molar-refractivity contribution is -0.116. The highest BCUT2D eigenvalue weighted by atomic mass is 19.3. The summed E-state index contributed by atoms with van der Waals surface area (Å²) in [6.07, 6.45) is 1.23. The van der Waals surface area contributed by atoms with Gasteiger partial charge in [-0.05, 0) is 18.2 Å². The molecule has 0 fully saturated rings. The third-order valence-corrected chi connectivity index (χ3v) is 2.86. The fraction of sp³-hybridized carbons (Fsp3) is 0.214. The molecule has 0 atom stereocenters. The van der Waals surface area contributed by atoms with Gasteiger partial charge in [0.1, 0.15) is 11.4 Å². The first-order valence-corrected chi connectivity index (χ1v) is 6.56. The van der Waals surface area contributed by atoms with E-state index >= 15 is 0 Å². The highest BCUT2D eigenvalue weighted by Crippen LogP contribution is 2.25. The van der Waals surface area contributed by atoms with E-state index in [1.165, 1.54) is 35.1 Å². The molecule has 2 rings (SSSR count). The summed E-state index contributed by atoms with van der Waals surface area (Å²) in [5.41, 5.74) is 0.0657. The van der Waals surface area contributed by atoms with E-state index in [2.05, 4.69) is 15.2 Å². The lowest BCUT2D eigenvalue weighted by atomic mass is 10.2. The zero-order chi connectivity index (χ0) is 16.8. The number of carbonyl (C=O) groups is 2. The van der Waals surface area contributed by atoms with E-state index in [0.29, 0.717) is 0 Å². The molecule has 23 heavy (non-hydrogen) atoms. The average Bonchev–Trinajstić information content (AvgIpc) is 2.95. The first-order chi connectivity index (χ1) is 11.0. The van der Waals surface area contributed by atoms with E-state index in [9.17, 15) is 18.4 Å². The lowest BCUT2D eigenvalue weighted by Crippen LogP contribution is -2.18. The van der Waals surface area contributed by atoms with Crippen molar-refractivity contribution in [1.82, 2.24) is 9.78 Å². The number of aryl methyl sites for hydroxylation is 1. The molecule has 0 radical (unpaired) electrons. The van der Waals surface area contributed by atoms with Crippen LogP contribution in [0.15, 0.2) is 36.5 Å². The number of anilines is 1. The maximum Gasteiger partial charge on any atom is 0.387 e. The van der Waals surface area contributed by atoms with Gasteiger partial charge in [-0.15, -0.1) is 0 Å². The number of nitrogens with one attached hydrogen (secondary N) is 1. The van der Waals surface area contributed by atoms with Crippen LogP contribution in [-0.2, 0) is 11.3 Å². The molecule has 2 aromatic rings. The van der Waals surface area contributed by atoms with Crippen LogP contribution in [-0.4, -0.2) is 33.4 Å². The number of amides is 1. The molecule has 0 unspecified atom stereocenters. The van der Waals surface area contributed by atoms with Crippen LogP contribution in [0.25, 0.3) is 0 Å². The van der Waals surface area contributed by atoms with Crippen LogP contribution in [0.4, 0.5) is 14.5 Å². The van der Waals surface area contributed by atoms with Crippen molar-refractivity contribution in [2.75, 3.05) is 5.32 Å². The molecule has 9 heteroatoms. The van der Waals surface area contributed by atoms with Crippen molar-refractivity contribution in [3.8, 4) is 5.75 Å². The molecule has 122 valence electrons. The molecule has 0 aliphatic carbocycles. The van der Waals surface area contributed by atoms with Gasteiger partial charge in [0, 0.05) is 12.6 Å². The molecule has 2 N–H and O–H groups in total. The number of hydrogen-bond acceptors (Lipinski definition) is 4. The zero-order valence-corrected chi connectivity index (χ0v) is 11.8. The molecule has 1 heterocycles. The number of halogens is 2. The summed E-state index contributed by atoms with van der Waals surface area (Å²) < 4.78 is 30.1. The number of carbonyl (C=O) groups excluding carboxylic acids is 1. The minimum absolute atomic E-state index is 0.0400. The Kier molecular flexibility index (Phi) is 5.23. The second kappa shape index (κ2) is 7.34. The Morgan fingerprint density at radius 3 is 2.74 bits per heavy atom. The van der Waals surface area contributed by atoms with Crippen molar-refractivity contribution in [3.63, 3.8) is 0 Å². The number of carboxylic acid groups (broad SMARTS) is 1. The van der Waals surface area contributed by atoms with E-state index in [1.54, 1.807) is 6.07 Å². The third-order valence-electron chi connectivity index (χ3n) is 2.86. The van der Waals surface area contributed by atoms with Crippen LogP contribution in [0.2, 0.25) is 0 Å². The Hall–Kier alpha value is -2.97. The molecule has 0 bridgehead atoms. The summed E-state index contributed by atoms with van der Waals surface area (Å²) in [5.74, 6) is -1.79. The molecule has 0 aliphatic heterocycles. The van der Waals surface area contributed by atoms with Crippen molar-refractivity contribution >= 4 is 17.6 Å². The van der Waals surface area contributed by atoms with Gasteiger partial charge in [-0.3, -0.25) is 9.48 Å². The summed E-state index contributed by atoms with van der Waals surface area (Å²) >= 11 is 0. The minimum atomic E-state index is -3.00. The SMILES string of the molecule is O=C(CCn1nccc1C(=O)O)Nc1ccccc1OC(F)F. The van der Waals surface area contributed by atoms with Crippen LogP contribution < -0.4 is 10.1 Å². The molecular formula is C14H13F2N3O4. The Morgan fingerprint density at radius 2 is 2.04 bits per heavy atom. The van der Waals surface area contributed by atoms with Gasteiger partial charge in [-0.2, -0.15) is 13.9 Å². The van der Waals surface area contributed by atoms with Gasteiger partial charge in [0.2, 0.25) is 5.91 Å². The summed E-state index contributed by atoms with van der Waals surface area (Å²) in [7, 11) is 0. The summed E-state index contributed by atoms with van der Waals surface area (Å²) in [6.45, 7) is -2.96. The van der Waals surface area contributed by atoms with Crippen LogP contribution >= 0.6 is 0 Å². The Bertz CT molecular complexity index is 703. The van der Waals surface area contributed by atoms with Crippen molar-refractivity contribution in [3.05, 3.63) is 42.2 Å². The number of aromatic nitrogens is 2. The van der Waals surface area contributed by atoms with Crippen LogP contribution in [0.5, 0.6) is 5.75 Å². The monoisotopic (exact) mass is 325 g/mol. The van der Waals surface area contributed by atoms with E-state index in [4.69, 9.17) is 5.11 Å². The van der Waals surface area contributed by atoms with Gasteiger partial charge in [-0.1, -0.05) is 12.1 Å². The van der Waals surface area contributed by atoms with Gasteiger partial charge in [0.15, 0.2) is 0 Å². The highest BCUT2D eigenvalue weighted by Gasteiger charge is 2.14. The molecule has 1 amide bonds. The zero-order valence-electron chi connectivity index (χ0n) is 11.8. The van der Waals surface area contributed by atoms with E-state index < -0.39 is 18.5 Å². The Labute approximate surface area is 129 Å². The second-order valence-electron chi connectivity index (χ2n) is 4.42. The summed E-state index contributed by atoms with van der Waals surface area (Å²) in [5, 5.41) is 15.2. The van der Waals surface area contributed by atoms with Crippen LogP contribution in [0, 0.1) is 0 Å². The second-order valence-corrected chi connectivity index (χ2v) is 4.42. The Balaban J connectivity index is 1.97. The average molecular weight is 325 g/mol. The number of carboxylic acids is 1. The summed E-state index contributed by atoms with van der Waals surface area (Å²) in [4.78, 5) is 22.8. The number of benzene rings is 1. The first kappa shape index (κ1) is 16.4. The van der Waals surface area contributed by atoms with Gasteiger partial charge in [-0.25, -0.2) is 4.79 Å². The number of rotatable bonds is 7. The van der Waals surface area contributed by atoms with Gasteiger partial charge in [0.05, 0.1) is 12.2 Å². The molecule has 0 spiro atoms. The predicted molar refractivity (Wildman–Crippen MR) is 75.5 cm³/mol. The standard InChI is InChI=1S/C14H13F2N3O4/c15-14(16)23-11-4-2-1-3-9(11)18-12(20)6-8-19-10(13(21)22)5-7-17-19/h1-5,7,14H,6,8H2,(H,18,20)(H,21,22). The maximum atomic E-state index is 12.3. The van der Waals surface area contributed by atoms with Crippen LogP contribution in [0.3, 0.4) is 0 Å². The predicted octanol–water partition coefficient (Wildman–Crippen LogP) is 2.21. The lowest BCUT2D eigenvalue weighted by Gasteiger charge is -2.11. The van der Waals surface area contributed by atoms with Crippen molar-refractivity contribution in [1.29, 1.82) is 0 Å². The van der Waals surface area contributed by atoms with Crippen molar-refractivity contribution in [2.24, 2.45) is 0 Å².